The second-order valence-corrected chi connectivity index (χ2v) is 7.31. The summed E-state index contributed by atoms with van der Waals surface area (Å²) in [7, 11) is 0. The van der Waals surface area contributed by atoms with Gasteiger partial charge in [0.15, 0.2) is 0 Å². The lowest BCUT2D eigenvalue weighted by Crippen LogP contribution is -2.12. The van der Waals surface area contributed by atoms with E-state index in [0.29, 0.717) is 34.0 Å². The summed E-state index contributed by atoms with van der Waals surface area (Å²) in [5.74, 6) is 0.939. The molecule has 0 radical (unpaired) electrons. The van der Waals surface area contributed by atoms with Crippen LogP contribution in [-0.4, -0.2) is 21.9 Å². The number of carbonyl (C=O) groups is 1. The van der Waals surface area contributed by atoms with E-state index in [0.717, 1.165) is 5.56 Å². The van der Waals surface area contributed by atoms with Crippen LogP contribution in [0.3, 0.4) is 0 Å². The van der Waals surface area contributed by atoms with Crippen LogP contribution >= 0.6 is 23.4 Å². The molecule has 0 aliphatic heterocycles. The largest absolute Gasteiger partial charge is 0.411 e. The van der Waals surface area contributed by atoms with Gasteiger partial charge in [0.1, 0.15) is 0 Å². The molecular weight excluding hydrogens is 370 g/mol. The Balaban J connectivity index is 1.51. The summed E-state index contributed by atoms with van der Waals surface area (Å²) >= 11 is 7.26. The molecule has 0 unspecified atom stereocenters. The van der Waals surface area contributed by atoms with Crippen molar-refractivity contribution in [3.8, 4) is 11.5 Å². The Kier molecular flexibility index (Phi) is 5.96. The lowest BCUT2D eigenvalue weighted by atomic mass is 10.1. The van der Waals surface area contributed by atoms with Crippen molar-refractivity contribution >= 4 is 35.0 Å². The van der Waals surface area contributed by atoms with Gasteiger partial charge in [-0.2, -0.15) is 0 Å². The van der Waals surface area contributed by atoms with Crippen LogP contribution in [0, 0.1) is 13.8 Å². The van der Waals surface area contributed by atoms with Gasteiger partial charge in [-0.1, -0.05) is 35.5 Å². The fourth-order valence-electron chi connectivity index (χ4n) is 2.28. The summed E-state index contributed by atoms with van der Waals surface area (Å²) in [5.41, 5.74) is 3.97. The first kappa shape index (κ1) is 18.5. The minimum atomic E-state index is -0.0892. The van der Waals surface area contributed by atoms with E-state index < -0.39 is 0 Å². The van der Waals surface area contributed by atoms with Gasteiger partial charge in [0.05, 0.1) is 0 Å². The van der Waals surface area contributed by atoms with E-state index >= 15 is 0 Å². The Labute approximate surface area is 161 Å². The average Bonchev–Trinajstić information content (AvgIpc) is 3.06. The summed E-state index contributed by atoms with van der Waals surface area (Å²) in [5, 5.41) is 12.0. The summed E-state index contributed by atoms with van der Waals surface area (Å²) < 4.78 is 5.67. The van der Waals surface area contributed by atoms with E-state index in [9.17, 15) is 4.79 Å². The third-order valence-corrected chi connectivity index (χ3v) is 4.88. The molecular formula is C19H18ClN3O2S. The van der Waals surface area contributed by atoms with Crippen molar-refractivity contribution in [2.24, 2.45) is 0 Å². The fraction of sp³-hybridized carbons (Fsp3) is 0.211. The molecule has 0 bridgehead atoms. The lowest BCUT2D eigenvalue weighted by molar-refractivity contribution is -0.115. The topological polar surface area (TPSA) is 68.0 Å². The molecule has 1 N–H and O–H groups in total. The maximum absolute atomic E-state index is 12.0. The summed E-state index contributed by atoms with van der Waals surface area (Å²) in [6, 6.07) is 13.1. The molecule has 26 heavy (non-hydrogen) atoms. The Morgan fingerprint density at radius 2 is 2.00 bits per heavy atom. The number of nitrogens with zero attached hydrogens (tertiary/aromatic N) is 2. The molecule has 0 fully saturated rings. The van der Waals surface area contributed by atoms with Crippen molar-refractivity contribution in [3.63, 3.8) is 0 Å². The third kappa shape index (κ3) is 4.86. The lowest BCUT2D eigenvalue weighted by Gasteiger charge is -2.04. The zero-order valence-electron chi connectivity index (χ0n) is 14.5. The van der Waals surface area contributed by atoms with Gasteiger partial charge in [-0.15, -0.1) is 10.2 Å². The number of amides is 1. The van der Waals surface area contributed by atoms with Crippen LogP contribution in [0.2, 0.25) is 5.02 Å². The molecule has 3 aromatic rings. The first-order valence-corrected chi connectivity index (χ1v) is 9.47. The van der Waals surface area contributed by atoms with E-state index in [1.165, 1.54) is 22.9 Å². The smallest absolute Gasteiger partial charge is 0.276 e. The number of thioether (sulfide) groups is 1. The van der Waals surface area contributed by atoms with Crippen molar-refractivity contribution in [1.82, 2.24) is 10.2 Å². The normalized spacial score (nSPS) is 10.7. The Hall–Kier alpha value is -2.31. The first-order chi connectivity index (χ1) is 12.5. The quantitative estimate of drug-likeness (QED) is 0.594. The minimum Gasteiger partial charge on any atom is -0.411 e. The van der Waals surface area contributed by atoms with Gasteiger partial charge in [0.2, 0.25) is 11.8 Å². The van der Waals surface area contributed by atoms with Crippen LogP contribution in [0.25, 0.3) is 11.5 Å². The third-order valence-electron chi connectivity index (χ3n) is 3.82. The molecule has 0 saturated heterocycles. The number of aromatic nitrogens is 2. The maximum atomic E-state index is 12.0. The molecule has 0 atom stereocenters. The van der Waals surface area contributed by atoms with Gasteiger partial charge in [0, 0.05) is 28.4 Å². The van der Waals surface area contributed by atoms with Crippen LogP contribution < -0.4 is 5.32 Å². The standard InChI is InChI=1S/C19H18ClN3O2S/c1-12-6-7-14(10-13(12)2)18-22-23-19(25-18)26-9-8-17(24)21-16-5-3-4-15(20)11-16/h3-7,10-11H,8-9H2,1-2H3,(H,21,24). The van der Waals surface area contributed by atoms with Gasteiger partial charge < -0.3 is 9.73 Å². The van der Waals surface area contributed by atoms with Crippen molar-refractivity contribution in [2.45, 2.75) is 25.5 Å². The molecule has 1 amide bonds. The van der Waals surface area contributed by atoms with Crippen molar-refractivity contribution in [3.05, 3.63) is 58.6 Å². The predicted octanol–water partition coefficient (Wildman–Crippen LogP) is 5.13. The minimum absolute atomic E-state index is 0.0892. The van der Waals surface area contributed by atoms with Gasteiger partial charge >= 0.3 is 0 Å². The summed E-state index contributed by atoms with van der Waals surface area (Å²) in [4.78, 5) is 12.0. The SMILES string of the molecule is Cc1ccc(-c2nnc(SCCC(=O)Nc3cccc(Cl)c3)o2)cc1C. The molecule has 1 aromatic heterocycles. The monoisotopic (exact) mass is 387 g/mol. The highest BCUT2D eigenvalue weighted by atomic mass is 35.5. The van der Waals surface area contributed by atoms with Gasteiger partial charge in [-0.05, 0) is 55.3 Å². The molecule has 1 heterocycles. The van der Waals surface area contributed by atoms with Crippen molar-refractivity contribution in [1.29, 1.82) is 0 Å². The van der Waals surface area contributed by atoms with E-state index in [1.54, 1.807) is 24.3 Å². The van der Waals surface area contributed by atoms with Gasteiger partial charge in [-0.3, -0.25) is 4.79 Å². The summed E-state index contributed by atoms with van der Waals surface area (Å²) in [6.45, 7) is 4.10. The van der Waals surface area contributed by atoms with E-state index in [4.69, 9.17) is 16.0 Å². The number of nitrogens with one attached hydrogen (secondary N) is 1. The highest BCUT2D eigenvalue weighted by Gasteiger charge is 2.11. The van der Waals surface area contributed by atoms with Crippen LogP contribution in [0.1, 0.15) is 17.5 Å². The Bertz CT molecular complexity index is 927. The number of aryl methyl sites for hydroxylation is 2. The molecule has 0 saturated carbocycles. The van der Waals surface area contributed by atoms with Crippen molar-refractivity contribution in [2.75, 3.05) is 11.1 Å². The molecule has 2 aromatic carbocycles. The maximum Gasteiger partial charge on any atom is 0.276 e. The highest BCUT2D eigenvalue weighted by molar-refractivity contribution is 7.99. The van der Waals surface area contributed by atoms with Crippen LogP contribution in [0.5, 0.6) is 0 Å². The van der Waals surface area contributed by atoms with Gasteiger partial charge in [0.25, 0.3) is 5.22 Å². The van der Waals surface area contributed by atoms with Crippen LogP contribution in [0.15, 0.2) is 52.1 Å². The van der Waals surface area contributed by atoms with E-state index in [1.807, 2.05) is 25.1 Å². The molecule has 5 nitrogen and oxygen atoms in total. The fourth-order valence-corrected chi connectivity index (χ4v) is 3.17. The zero-order chi connectivity index (χ0) is 18.5. The second kappa shape index (κ2) is 8.38. The van der Waals surface area contributed by atoms with Gasteiger partial charge in [-0.25, -0.2) is 0 Å². The molecule has 134 valence electrons. The number of halogens is 1. The van der Waals surface area contributed by atoms with E-state index in [-0.39, 0.29) is 5.91 Å². The molecule has 7 heteroatoms. The predicted molar refractivity (Wildman–Crippen MR) is 105 cm³/mol. The molecule has 3 rings (SSSR count). The summed E-state index contributed by atoms with van der Waals surface area (Å²) in [6.07, 6.45) is 0.332. The second-order valence-electron chi connectivity index (χ2n) is 5.83. The number of rotatable bonds is 6. The molecule has 0 spiro atoms. The molecule has 0 aliphatic carbocycles. The number of benzene rings is 2. The van der Waals surface area contributed by atoms with Crippen molar-refractivity contribution < 1.29 is 9.21 Å². The Morgan fingerprint density at radius 3 is 2.77 bits per heavy atom. The number of hydrogen-bond donors (Lipinski definition) is 1. The molecule has 0 aliphatic rings. The number of anilines is 1. The Morgan fingerprint density at radius 1 is 1.15 bits per heavy atom. The average molecular weight is 388 g/mol. The van der Waals surface area contributed by atoms with Crippen LogP contribution in [0.4, 0.5) is 5.69 Å². The van der Waals surface area contributed by atoms with E-state index in [2.05, 4.69) is 22.4 Å². The highest BCUT2D eigenvalue weighted by Crippen LogP contribution is 2.25. The number of hydrogen-bond acceptors (Lipinski definition) is 5. The first-order valence-electron chi connectivity index (χ1n) is 8.10. The number of carbonyl (C=O) groups excluding carboxylic acids is 1. The zero-order valence-corrected chi connectivity index (χ0v) is 16.0. The van der Waals surface area contributed by atoms with Crippen LogP contribution in [-0.2, 0) is 4.79 Å².